The first-order valence-electron chi connectivity index (χ1n) is 6.79. The molecular weight excluding hydrogens is 249 g/mol. The third kappa shape index (κ3) is 5.55. The van der Waals surface area contributed by atoms with Crippen LogP contribution in [0.15, 0.2) is 60.7 Å². The highest BCUT2D eigenvalue weighted by Gasteiger charge is 2.11. The molecule has 0 radical (unpaired) electrons. The topological polar surface area (TPSA) is 12.0 Å². The van der Waals surface area contributed by atoms with Gasteiger partial charge in [-0.3, -0.25) is 0 Å². The quantitative estimate of drug-likeness (QED) is 0.842. The Morgan fingerprint density at radius 1 is 0.789 bits per heavy atom. The fraction of sp³-hybridized carbons (Fsp3) is 0.294. The molecule has 0 aliphatic heterocycles. The molecule has 0 unspecified atom stereocenters. The standard InChI is InChI=1S/C15H17P.C2H7N/c1-2-13-16(14-9-5-3-6-10-14)15-11-7-4-8-12-15;1-3-2/h3-12H,2,13H2,1H3;3H,1-2H3. The van der Waals surface area contributed by atoms with Crippen molar-refractivity contribution < 1.29 is 0 Å². The Bertz CT molecular complexity index is 388. The molecule has 0 bridgehead atoms. The van der Waals surface area contributed by atoms with E-state index >= 15 is 0 Å². The maximum atomic E-state index is 2.75. The number of hydrogen-bond donors (Lipinski definition) is 1. The van der Waals surface area contributed by atoms with Gasteiger partial charge >= 0.3 is 0 Å². The van der Waals surface area contributed by atoms with Gasteiger partial charge in [-0.05, 0) is 38.8 Å². The molecule has 0 aliphatic carbocycles. The second kappa shape index (κ2) is 9.72. The molecule has 0 atom stereocenters. The van der Waals surface area contributed by atoms with Gasteiger partial charge < -0.3 is 5.32 Å². The minimum absolute atomic E-state index is 0.151. The van der Waals surface area contributed by atoms with E-state index in [1.807, 2.05) is 14.1 Å². The van der Waals surface area contributed by atoms with Crippen molar-refractivity contribution in [2.75, 3.05) is 20.3 Å². The average Bonchev–Trinajstić information content (AvgIpc) is 2.47. The van der Waals surface area contributed by atoms with Crippen LogP contribution in [0.1, 0.15) is 13.3 Å². The van der Waals surface area contributed by atoms with Crippen LogP contribution in [0.5, 0.6) is 0 Å². The molecule has 2 rings (SSSR count). The molecular formula is C17H24NP. The molecule has 2 aromatic rings. The summed E-state index contributed by atoms with van der Waals surface area (Å²) in [5.41, 5.74) is 0. The van der Waals surface area contributed by atoms with Crippen molar-refractivity contribution in [1.82, 2.24) is 5.32 Å². The Balaban J connectivity index is 0.000000550. The van der Waals surface area contributed by atoms with Crippen molar-refractivity contribution in [3.63, 3.8) is 0 Å². The van der Waals surface area contributed by atoms with E-state index in [1.165, 1.54) is 23.2 Å². The Morgan fingerprint density at radius 3 is 1.47 bits per heavy atom. The number of nitrogens with one attached hydrogen (secondary N) is 1. The smallest absolute Gasteiger partial charge is 0.0167 e. The van der Waals surface area contributed by atoms with Gasteiger partial charge in [-0.1, -0.05) is 74.0 Å². The lowest BCUT2D eigenvalue weighted by atomic mass is 10.4. The Kier molecular flexibility index (Phi) is 8.13. The van der Waals surface area contributed by atoms with Gasteiger partial charge in [-0.2, -0.15) is 0 Å². The Hall–Kier alpha value is -1.17. The number of rotatable bonds is 4. The van der Waals surface area contributed by atoms with Crippen LogP contribution in [0, 0.1) is 0 Å². The molecule has 0 amide bonds. The van der Waals surface area contributed by atoms with Crippen molar-refractivity contribution in [3.8, 4) is 0 Å². The maximum Gasteiger partial charge on any atom is -0.0167 e. The molecule has 0 aromatic heterocycles. The monoisotopic (exact) mass is 273 g/mol. The normalized spacial score (nSPS) is 9.89. The summed E-state index contributed by atoms with van der Waals surface area (Å²) in [6, 6.07) is 21.8. The van der Waals surface area contributed by atoms with Gasteiger partial charge in [0.1, 0.15) is 0 Å². The van der Waals surface area contributed by atoms with E-state index in [0.717, 1.165) is 0 Å². The van der Waals surface area contributed by atoms with Gasteiger partial charge in [0.2, 0.25) is 0 Å². The summed E-state index contributed by atoms with van der Waals surface area (Å²) < 4.78 is 0. The molecule has 2 heteroatoms. The predicted molar refractivity (Wildman–Crippen MR) is 89.2 cm³/mol. The highest BCUT2D eigenvalue weighted by molar-refractivity contribution is 7.73. The van der Waals surface area contributed by atoms with E-state index in [0.29, 0.717) is 0 Å². The molecule has 1 N–H and O–H groups in total. The Labute approximate surface area is 118 Å². The summed E-state index contributed by atoms with van der Waals surface area (Å²) in [5, 5.41) is 5.73. The molecule has 0 saturated heterocycles. The van der Waals surface area contributed by atoms with Gasteiger partial charge in [0, 0.05) is 0 Å². The predicted octanol–water partition coefficient (Wildman–Crippen LogP) is 3.36. The van der Waals surface area contributed by atoms with Crippen molar-refractivity contribution in [2.45, 2.75) is 13.3 Å². The average molecular weight is 273 g/mol. The van der Waals surface area contributed by atoms with Gasteiger partial charge in [0.05, 0.1) is 0 Å². The zero-order chi connectivity index (χ0) is 13.9. The zero-order valence-electron chi connectivity index (χ0n) is 12.1. The third-order valence-corrected chi connectivity index (χ3v) is 5.32. The zero-order valence-corrected chi connectivity index (χ0v) is 13.0. The van der Waals surface area contributed by atoms with Crippen LogP contribution in [0.4, 0.5) is 0 Å². The van der Waals surface area contributed by atoms with Crippen LogP contribution in [0.2, 0.25) is 0 Å². The lowest BCUT2D eigenvalue weighted by Gasteiger charge is -2.17. The van der Waals surface area contributed by atoms with E-state index in [9.17, 15) is 0 Å². The lowest BCUT2D eigenvalue weighted by molar-refractivity contribution is 1.02. The number of benzene rings is 2. The molecule has 2 aromatic carbocycles. The molecule has 0 saturated carbocycles. The fourth-order valence-electron chi connectivity index (χ4n) is 1.85. The van der Waals surface area contributed by atoms with Gasteiger partial charge in [0.15, 0.2) is 0 Å². The third-order valence-electron chi connectivity index (χ3n) is 2.58. The maximum absolute atomic E-state index is 2.75. The van der Waals surface area contributed by atoms with Crippen molar-refractivity contribution in [1.29, 1.82) is 0 Å². The van der Waals surface area contributed by atoms with Crippen molar-refractivity contribution in [2.24, 2.45) is 0 Å². The molecule has 19 heavy (non-hydrogen) atoms. The van der Waals surface area contributed by atoms with Crippen LogP contribution in [-0.2, 0) is 0 Å². The van der Waals surface area contributed by atoms with Crippen LogP contribution >= 0.6 is 7.92 Å². The van der Waals surface area contributed by atoms with E-state index < -0.39 is 0 Å². The summed E-state index contributed by atoms with van der Waals surface area (Å²) in [4.78, 5) is 0. The molecule has 0 spiro atoms. The Morgan fingerprint density at radius 2 is 1.16 bits per heavy atom. The SMILES string of the molecule is CCCP(c1ccccc1)c1ccccc1.CNC. The van der Waals surface area contributed by atoms with Crippen molar-refractivity contribution in [3.05, 3.63) is 60.7 Å². The first kappa shape index (κ1) is 15.9. The second-order valence-electron chi connectivity index (χ2n) is 4.32. The summed E-state index contributed by atoms with van der Waals surface area (Å²) in [6.45, 7) is 2.27. The molecule has 0 heterocycles. The van der Waals surface area contributed by atoms with E-state index in [1.54, 1.807) is 0 Å². The van der Waals surface area contributed by atoms with E-state index in [-0.39, 0.29) is 7.92 Å². The summed E-state index contributed by atoms with van der Waals surface area (Å²) in [7, 11) is 3.60. The van der Waals surface area contributed by atoms with Gasteiger partial charge in [0.25, 0.3) is 0 Å². The van der Waals surface area contributed by atoms with Crippen LogP contribution < -0.4 is 15.9 Å². The highest BCUT2D eigenvalue weighted by Crippen LogP contribution is 2.33. The fourth-order valence-corrected chi connectivity index (χ4v) is 4.17. The molecule has 1 nitrogen and oxygen atoms in total. The first-order chi connectivity index (χ1) is 9.33. The van der Waals surface area contributed by atoms with E-state index in [4.69, 9.17) is 0 Å². The van der Waals surface area contributed by atoms with Crippen LogP contribution in [-0.4, -0.2) is 20.3 Å². The van der Waals surface area contributed by atoms with Crippen molar-refractivity contribution >= 4 is 18.5 Å². The molecule has 0 aliphatic rings. The first-order valence-corrected chi connectivity index (χ1v) is 8.32. The summed E-state index contributed by atoms with van der Waals surface area (Å²) >= 11 is 0. The highest BCUT2D eigenvalue weighted by atomic mass is 31.1. The van der Waals surface area contributed by atoms with Gasteiger partial charge in [-0.25, -0.2) is 0 Å². The summed E-state index contributed by atoms with van der Waals surface area (Å²) in [5.74, 6) is 0. The lowest BCUT2D eigenvalue weighted by Crippen LogP contribution is -2.13. The van der Waals surface area contributed by atoms with Gasteiger partial charge in [-0.15, -0.1) is 0 Å². The number of hydrogen-bond acceptors (Lipinski definition) is 1. The largest absolute Gasteiger partial charge is 0.323 e. The molecule has 0 fully saturated rings. The van der Waals surface area contributed by atoms with E-state index in [2.05, 4.69) is 72.9 Å². The summed E-state index contributed by atoms with van der Waals surface area (Å²) in [6.07, 6.45) is 2.53. The second-order valence-corrected chi connectivity index (χ2v) is 6.66. The van der Waals surface area contributed by atoms with Crippen LogP contribution in [0.25, 0.3) is 0 Å². The minimum atomic E-state index is -0.151. The minimum Gasteiger partial charge on any atom is -0.323 e. The van der Waals surface area contributed by atoms with Crippen LogP contribution in [0.3, 0.4) is 0 Å². The molecule has 102 valence electrons.